The third kappa shape index (κ3) is 3.31. The molecule has 0 radical (unpaired) electrons. The highest BCUT2D eigenvalue weighted by atomic mass is 16.5. The van der Waals surface area contributed by atoms with Crippen LogP contribution >= 0.6 is 0 Å². The van der Waals surface area contributed by atoms with Crippen LogP contribution < -0.4 is 14.8 Å². The molecule has 3 rings (SSSR count). The Balaban J connectivity index is 1.71. The summed E-state index contributed by atoms with van der Waals surface area (Å²) in [4.78, 5) is 0. The minimum atomic E-state index is 0.716. The molecule has 1 fully saturated rings. The Hall–Kier alpha value is -2.00. The molecule has 0 spiro atoms. The van der Waals surface area contributed by atoms with Crippen LogP contribution in [-0.4, -0.2) is 13.2 Å². The summed E-state index contributed by atoms with van der Waals surface area (Å²) in [6.07, 6.45) is 2.61. The van der Waals surface area contributed by atoms with Crippen molar-refractivity contribution in [2.24, 2.45) is 0 Å². The van der Waals surface area contributed by atoms with E-state index in [4.69, 9.17) is 9.47 Å². The van der Waals surface area contributed by atoms with E-state index in [0.29, 0.717) is 6.04 Å². The van der Waals surface area contributed by atoms with E-state index in [1.807, 2.05) is 36.4 Å². The summed E-state index contributed by atoms with van der Waals surface area (Å²) in [7, 11) is 1.65. The maximum absolute atomic E-state index is 5.91. The number of hydrogen-bond acceptors (Lipinski definition) is 3. The maximum Gasteiger partial charge on any atom is 0.169 e. The van der Waals surface area contributed by atoms with Gasteiger partial charge in [0.15, 0.2) is 11.5 Å². The standard InChI is InChI=1S/C17H19NO2/c1-19-16-7-2-3-8-17(16)20-15-6-4-5-13(11-15)12-18-14-9-10-14/h2-8,11,14,18H,9-10,12H2,1H3. The number of nitrogens with one attached hydrogen (secondary N) is 1. The molecule has 1 aliphatic rings. The topological polar surface area (TPSA) is 30.5 Å². The predicted molar refractivity (Wildman–Crippen MR) is 79.4 cm³/mol. The van der Waals surface area contributed by atoms with E-state index in [9.17, 15) is 0 Å². The van der Waals surface area contributed by atoms with Gasteiger partial charge >= 0.3 is 0 Å². The van der Waals surface area contributed by atoms with Gasteiger partial charge in [0.1, 0.15) is 5.75 Å². The average molecular weight is 269 g/mol. The lowest BCUT2D eigenvalue weighted by atomic mass is 10.2. The molecule has 3 heteroatoms. The fourth-order valence-electron chi connectivity index (χ4n) is 2.10. The number of ether oxygens (including phenoxy) is 2. The van der Waals surface area contributed by atoms with Crippen LogP contribution in [0.15, 0.2) is 48.5 Å². The van der Waals surface area contributed by atoms with Crippen LogP contribution in [0.1, 0.15) is 18.4 Å². The Kier molecular flexibility index (Phi) is 3.88. The summed E-state index contributed by atoms with van der Waals surface area (Å²) in [5, 5.41) is 3.51. The second kappa shape index (κ2) is 5.97. The van der Waals surface area contributed by atoms with Crippen LogP contribution in [-0.2, 0) is 6.54 Å². The van der Waals surface area contributed by atoms with Crippen LogP contribution in [0.4, 0.5) is 0 Å². The second-order valence-electron chi connectivity index (χ2n) is 5.06. The summed E-state index contributed by atoms with van der Waals surface area (Å²) in [6, 6.07) is 16.6. The van der Waals surface area contributed by atoms with E-state index in [2.05, 4.69) is 17.4 Å². The molecule has 2 aromatic rings. The first-order chi connectivity index (χ1) is 9.85. The third-order valence-electron chi connectivity index (χ3n) is 3.37. The molecule has 3 nitrogen and oxygen atoms in total. The first kappa shape index (κ1) is 13.0. The minimum Gasteiger partial charge on any atom is -0.493 e. The van der Waals surface area contributed by atoms with Crippen LogP contribution in [0.3, 0.4) is 0 Å². The van der Waals surface area contributed by atoms with Gasteiger partial charge < -0.3 is 14.8 Å². The van der Waals surface area contributed by atoms with Gasteiger partial charge in [-0.3, -0.25) is 0 Å². The molecule has 0 aromatic heterocycles. The summed E-state index contributed by atoms with van der Waals surface area (Å²) in [6.45, 7) is 0.897. The van der Waals surface area contributed by atoms with E-state index >= 15 is 0 Å². The zero-order valence-corrected chi connectivity index (χ0v) is 11.6. The number of rotatable bonds is 6. The SMILES string of the molecule is COc1ccccc1Oc1cccc(CNC2CC2)c1. The van der Waals surface area contributed by atoms with Crippen molar-refractivity contribution >= 4 is 0 Å². The molecule has 2 aromatic carbocycles. The van der Waals surface area contributed by atoms with Crippen molar-refractivity contribution in [1.29, 1.82) is 0 Å². The number of para-hydroxylation sites is 2. The lowest BCUT2D eigenvalue weighted by Gasteiger charge is -2.11. The van der Waals surface area contributed by atoms with E-state index in [1.54, 1.807) is 7.11 Å². The minimum absolute atomic E-state index is 0.716. The van der Waals surface area contributed by atoms with Gasteiger partial charge in [-0.25, -0.2) is 0 Å². The van der Waals surface area contributed by atoms with E-state index < -0.39 is 0 Å². The molecule has 1 saturated carbocycles. The van der Waals surface area contributed by atoms with Crippen molar-refractivity contribution in [1.82, 2.24) is 5.32 Å². The molecule has 0 unspecified atom stereocenters. The lowest BCUT2D eigenvalue weighted by molar-refractivity contribution is 0.378. The smallest absolute Gasteiger partial charge is 0.169 e. The largest absolute Gasteiger partial charge is 0.493 e. The molecule has 0 saturated heterocycles. The van der Waals surface area contributed by atoms with Gasteiger partial charge in [0, 0.05) is 12.6 Å². The molecule has 0 heterocycles. The van der Waals surface area contributed by atoms with Gasteiger partial charge in [-0.15, -0.1) is 0 Å². The fourth-order valence-corrected chi connectivity index (χ4v) is 2.10. The number of benzene rings is 2. The quantitative estimate of drug-likeness (QED) is 0.866. The van der Waals surface area contributed by atoms with Crippen LogP contribution in [0.25, 0.3) is 0 Å². The lowest BCUT2D eigenvalue weighted by Crippen LogP contribution is -2.15. The fraction of sp³-hybridized carbons (Fsp3) is 0.294. The van der Waals surface area contributed by atoms with Gasteiger partial charge in [0.25, 0.3) is 0 Å². The van der Waals surface area contributed by atoms with Gasteiger partial charge in [-0.05, 0) is 42.7 Å². The zero-order valence-electron chi connectivity index (χ0n) is 11.6. The zero-order chi connectivity index (χ0) is 13.8. The van der Waals surface area contributed by atoms with Crippen molar-refractivity contribution in [3.8, 4) is 17.2 Å². The Morgan fingerprint density at radius 1 is 1.05 bits per heavy atom. The highest BCUT2D eigenvalue weighted by Crippen LogP contribution is 2.31. The van der Waals surface area contributed by atoms with E-state index in [0.717, 1.165) is 23.8 Å². The molecule has 1 aliphatic carbocycles. The molecular weight excluding hydrogens is 250 g/mol. The average Bonchev–Trinajstić information content (AvgIpc) is 3.30. The normalized spacial score (nSPS) is 14.1. The first-order valence-corrected chi connectivity index (χ1v) is 6.98. The molecular formula is C17H19NO2. The molecule has 0 bridgehead atoms. The first-order valence-electron chi connectivity index (χ1n) is 6.98. The Bertz CT molecular complexity index is 579. The van der Waals surface area contributed by atoms with Crippen molar-refractivity contribution < 1.29 is 9.47 Å². The number of hydrogen-bond donors (Lipinski definition) is 1. The number of methoxy groups -OCH3 is 1. The Labute approximate surface area is 119 Å². The Morgan fingerprint density at radius 3 is 2.60 bits per heavy atom. The van der Waals surface area contributed by atoms with Crippen molar-refractivity contribution in [2.45, 2.75) is 25.4 Å². The van der Waals surface area contributed by atoms with Crippen molar-refractivity contribution in [3.63, 3.8) is 0 Å². The molecule has 1 N–H and O–H groups in total. The highest BCUT2D eigenvalue weighted by molar-refractivity contribution is 5.43. The molecule has 104 valence electrons. The summed E-state index contributed by atoms with van der Waals surface area (Å²) >= 11 is 0. The van der Waals surface area contributed by atoms with E-state index in [1.165, 1.54) is 18.4 Å². The molecule has 20 heavy (non-hydrogen) atoms. The molecule has 0 aliphatic heterocycles. The summed E-state index contributed by atoms with van der Waals surface area (Å²) < 4.78 is 11.2. The van der Waals surface area contributed by atoms with Gasteiger partial charge in [-0.2, -0.15) is 0 Å². The maximum atomic E-state index is 5.91. The molecule has 0 atom stereocenters. The van der Waals surface area contributed by atoms with Crippen LogP contribution in [0.2, 0.25) is 0 Å². The van der Waals surface area contributed by atoms with Gasteiger partial charge in [0.05, 0.1) is 7.11 Å². The Morgan fingerprint density at radius 2 is 1.85 bits per heavy atom. The summed E-state index contributed by atoms with van der Waals surface area (Å²) in [5.74, 6) is 2.32. The van der Waals surface area contributed by atoms with E-state index in [-0.39, 0.29) is 0 Å². The predicted octanol–water partition coefficient (Wildman–Crippen LogP) is 3.74. The highest BCUT2D eigenvalue weighted by Gasteiger charge is 2.19. The summed E-state index contributed by atoms with van der Waals surface area (Å²) in [5.41, 5.74) is 1.24. The third-order valence-corrected chi connectivity index (χ3v) is 3.37. The van der Waals surface area contributed by atoms with Gasteiger partial charge in [-0.1, -0.05) is 24.3 Å². The molecule has 0 amide bonds. The monoisotopic (exact) mass is 269 g/mol. The van der Waals surface area contributed by atoms with Crippen molar-refractivity contribution in [3.05, 3.63) is 54.1 Å². The second-order valence-corrected chi connectivity index (χ2v) is 5.06. The van der Waals surface area contributed by atoms with Gasteiger partial charge in [0.2, 0.25) is 0 Å². The van der Waals surface area contributed by atoms with Crippen molar-refractivity contribution in [2.75, 3.05) is 7.11 Å². The van der Waals surface area contributed by atoms with Crippen LogP contribution in [0.5, 0.6) is 17.2 Å². The van der Waals surface area contributed by atoms with Crippen LogP contribution in [0, 0.1) is 0 Å².